The van der Waals surface area contributed by atoms with Gasteiger partial charge in [-0.3, -0.25) is 0 Å². The largest absolute Gasteiger partial charge is 0.493 e. The fourth-order valence-corrected chi connectivity index (χ4v) is 2.01. The van der Waals surface area contributed by atoms with Gasteiger partial charge in [0.25, 0.3) is 0 Å². The molecule has 2 rings (SSSR count). The van der Waals surface area contributed by atoms with Gasteiger partial charge >= 0.3 is 0 Å². The first-order chi connectivity index (χ1) is 9.80. The lowest BCUT2D eigenvalue weighted by molar-refractivity contribution is 0.265. The number of methoxy groups -OCH3 is 2. The number of hydrogen-bond donors (Lipinski definition) is 1. The molecule has 0 aliphatic rings. The Hall–Kier alpha value is -2.20. The van der Waals surface area contributed by atoms with Gasteiger partial charge in [-0.25, -0.2) is 0 Å². The first kappa shape index (κ1) is 14.2. The van der Waals surface area contributed by atoms with Gasteiger partial charge in [0.05, 0.1) is 14.2 Å². The van der Waals surface area contributed by atoms with E-state index in [0.29, 0.717) is 30.4 Å². The lowest BCUT2D eigenvalue weighted by atomic mass is 10.1. The Morgan fingerprint density at radius 2 is 1.45 bits per heavy atom. The van der Waals surface area contributed by atoms with E-state index in [1.54, 1.807) is 14.2 Å². The summed E-state index contributed by atoms with van der Waals surface area (Å²) in [6.45, 7) is 0.909. The zero-order valence-electron chi connectivity index (χ0n) is 11.8. The first-order valence-electron chi connectivity index (χ1n) is 6.40. The van der Waals surface area contributed by atoms with Crippen molar-refractivity contribution < 1.29 is 14.2 Å². The maximum Gasteiger partial charge on any atom is 0.203 e. The van der Waals surface area contributed by atoms with Gasteiger partial charge in [0.2, 0.25) is 5.75 Å². The van der Waals surface area contributed by atoms with E-state index in [1.807, 2.05) is 42.5 Å². The highest BCUT2D eigenvalue weighted by Gasteiger charge is 2.12. The van der Waals surface area contributed by atoms with E-state index in [-0.39, 0.29) is 0 Å². The number of rotatable bonds is 6. The lowest BCUT2D eigenvalue weighted by Crippen LogP contribution is -2.05. The maximum atomic E-state index is 5.87. The van der Waals surface area contributed by atoms with Crippen molar-refractivity contribution in [1.29, 1.82) is 0 Å². The summed E-state index contributed by atoms with van der Waals surface area (Å²) in [5, 5.41) is 0. The third-order valence-corrected chi connectivity index (χ3v) is 3.09. The minimum Gasteiger partial charge on any atom is -0.493 e. The summed E-state index contributed by atoms with van der Waals surface area (Å²) in [4.78, 5) is 0. The molecule has 0 aliphatic heterocycles. The molecule has 0 radical (unpaired) electrons. The van der Waals surface area contributed by atoms with Crippen LogP contribution in [0.1, 0.15) is 11.1 Å². The summed E-state index contributed by atoms with van der Waals surface area (Å²) < 4.78 is 16.5. The minimum atomic E-state index is 0.421. The quantitative estimate of drug-likeness (QED) is 0.879. The smallest absolute Gasteiger partial charge is 0.203 e. The number of para-hydroxylation sites is 1. The molecule has 20 heavy (non-hydrogen) atoms. The molecule has 0 heterocycles. The Labute approximate surface area is 119 Å². The summed E-state index contributed by atoms with van der Waals surface area (Å²) in [6.07, 6.45) is 0. The molecule has 0 amide bonds. The van der Waals surface area contributed by atoms with E-state index >= 15 is 0 Å². The summed E-state index contributed by atoms with van der Waals surface area (Å²) in [5.74, 6) is 1.90. The topological polar surface area (TPSA) is 53.7 Å². The van der Waals surface area contributed by atoms with Crippen molar-refractivity contribution in [3.05, 3.63) is 53.6 Å². The highest BCUT2D eigenvalue weighted by atomic mass is 16.5. The molecule has 0 aromatic heterocycles. The van der Waals surface area contributed by atoms with Crippen LogP contribution in [0.15, 0.2) is 42.5 Å². The number of nitrogens with two attached hydrogens (primary N) is 1. The summed E-state index contributed by atoms with van der Waals surface area (Å²) >= 11 is 0. The van der Waals surface area contributed by atoms with Gasteiger partial charge in [0.15, 0.2) is 11.5 Å². The molecule has 0 spiro atoms. The number of benzene rings is 2. The molecule has 0 aliphatic carbocycles. The van der Waals surface area contributed by atoms with Crippen LogP contribution in [0.5, 0.6) is 17.2 Å². The van der Waals surface area contributed by atoms with E-state index in [0.717, 1.165) is 11.1 Å². The second kappa shape index (κ2) is 6.82. The van der Waals surface area contributed by atoms with Gasteiger partial charge in [0.1, 0.15) is 6.61 Å². The summed E-state index contributed by atoms with van der Waals surface area (Å²) in [7, 11) is 3.21. The van der Waals surface area contributed by atoms with Crippen molar-refractivity contribution in [3.63, 3.8) is 0 Å². The molecule has 0 saturated heterocycles. The van der Waals surface area contributed by atoms with Gasteiger partial charge in [-0.2, -0.15) is 0 Å². The van der Waals surface area contributed by atoms with Crippen LogP contribution < -0.4 is 19.9 Å². The van der Waals surface area contributed by atoms with E-state index in [4.69, 9.17) is 19.9 Å². The molecular weight excluding hydrogens is 254 g/mol. The van der Waals surface area contributed by atoms with Gasteiger partial charge in [-0.05, 0) is 23.3 Å². The Balaban J connectivity index is 2.22. The molecule has 4 nitrogen and oxygen atoms in total. The molecule has 106 valence electrons. The molecule has 0 atom stereocenters. The minimum absolute atomic E-state index is 0.421. The Morgan fingerprint density at radius 1 is 0.850 bits per heavy atom. The van der Waals surface area contributed by atoms with E-state index in [9.17, 15) is 0 Å². The zero-order valence-corrected chi connectivity index (χ0v) is 11.8. The predicted octanol–water partition coefficient (Wildman–Crippen LogP) is 2.74. The summed E-state index contributed by atoms with van der Waals surface area (Å²) in [5.41, 5.74) is 7.86. The predicted molar refractivity (Wildman–Crippen MR) is 78.2 cm³/mol. The Kier molecular flexibility index (Phi) is 4.85. The normalized spacial score (nSPS) is 10.2. The van der Waals surface area contributed by atoms with Crippen molar-refractivity contribution in [3.8, 4) is 17.2 Å². The molecule has 0 unspecified atom stereocenters. The number of hydrogen-bond acceptors (Lipinski definition) is 4. The van der Waals surface area contributed by atoms with Crippen LogP contribution in [0.3, 0.4) is 0 Å². The van der Waals surface area contributed by atoms with E-state index < -0.39 is 0 Å². The molecule has 0 saturated carbocycles. The van der Waals surface area contributed by atoms with Crippen molar-refractivity contribution >= 4 is 0 Å². The van der Waals surface area contributed by atoms with E-state index in [2.05, 4.69) is 0 Å². The van der Waals surface area contributed by atoms with Crippen molar-refractivity contribution in [2.24, 2.45) is 5.73 Å². The van der Waals surface area contributed by atoms with Crippen LogP contribution in [0.25, 0.3) is 0 Å². The standard InChI is InChI=1S/C16H19NO3/c1-18-14-8-5-9-15(19-2)16(14)20-11-13-7-4-3-6-12(13)10-17/h3-9H,10-11,17H2,1-2H3. The molecule has 2 N–H and O–H groups in total. The van der Waals surface area contributed by atoms with Crippen molar-refractivity contribution in [2.45, 2.75) is 13.2 Å². The van der Waals surface area contributed by atoms with Gasteiger partial charge in [-0.15, -0.1) is 0 Å². The van der Waals surface area contributed by atoms with Crippen LogP contribution in [0.4, 0.5) is 0 Å². The van der Waals surface area contributed by atoms with E-state index in [1.165, 1.54) is 0 Å². The van der Waals surface area contributed by atoms with Gasteiger partial charge in [-0.1, -0.05) is 30.3 Å². The highest BCUT2D eigenvalue weighted by molar-refractivity contribution is 5.51. The summed E-state index contributed by atoms with van der Waals surface area (Å²) in [6, 6.07) is 13.5. The Bertz CT molecular complexity index is 547. The molecule has 0 bridgehead atoms. The third kappa shape index (κ3) is 3.03. The number of ether oxygens (including phenoxy) is 3. The second-order valence-electron chi connectivity index (χ2n) is 4.25. The fourth-order valence-electron chi connectivity index (χ4n) is 2.01. The molecule has 2 aromatic rings. The Morgan fingerprint density at radius 3 is 2.00 bits per heavy atom. The van der Waals surface area contributed by atoms with Crippen LogP contribution in [-0.2, 0) is 13.2 Å². The van der Waals surface area contributed by atoms with Crippen molar-refractivity contribution in [2.75, 3.05) is 14.2 Å². The van der Waals surface area contributed by atoms with Crippen LogP contribution >= 0.6 is 0 Å². The molecule has 4 heteroatoms. The first-order valence-corrected chi connectivity index (χ1v) is 6.40. The van der Waals surface area contributed by atoms with Gasteiger partial charge in [0, 0.05) is 6.54 Å². The molecule has 2 aromatic carbocycles. The van der Waals surface area contributed by atoms with Crippen LogP contribution in [0.2, 0.25) is 0 Å². The monoisotopic (exact) mass is 273 g/mol. The third-order valence-electron chi connectivity index (χ3n) is 3.09. The maximum absolute atomic E-state index is 5.87. The average molecular weight is 273 g/mol. The average Bonchev–Trinajstić information content (AvgIpc) is 2.52. The van der Waals surface area contributed by atoms with Gasteiger partial charge < -0.3 is 19.9 Å². The van der Waals surface area contributed by atoms with Crippen LogP contribution in [-0.4, -0.2) is 14.2 Å². The second-order valence-corrected chi connectivity index (χ2v) is 4.25. The molecular formula is C16H19NO3. The highest BCUT2D eigenvalue weighted by Crippen LogP contribution is 2.37. The lowest BCUT2D eigenvalue weighted by Gasteiger charge is -2.15. The fraction of sp³-hybridized carbons (Fsp3) is 0.250. The zero-order chi connectivity index (χ0) is 14.4. The van der Waals surface area contributed by atoms with Crippen LogP contribution in [0, 0.1) is 0 Å². The molecule has 0 fully saturated rings. The SMILES string of the molecule is COc1cccc(OC)c1OCc1ccccc1CN. The van der Waals surface area contributed by atoms with Crippen molar-refractivity contribution in [1.82, 2.24) is 0 Å².